The van der Waals surface area contributed by atoms with Crippen molar-refractivity contribution in [3.8, 4) is 5.75 Å². The molecule has 1 aromatic rings. The minimum atomic E-state index is -0.0185. The Balaban J connectivity index is 2.14. The molecule has 0 amide bonds. The van der Waals surface area contributed by atoms with Crippen LogP contribution in [-0.4, -0.2) is 9.73 Å². The molecule has 1 heterocycles. The molecule has 0 saturated heterocycles. The highest BCUT2D eigenvalue weighted by atomic mass is 79.9. The van der Waals surface area contributed by atoms with Crippen LogP contribution >= 0.6 is 15.9 Å². The molecule has 4 heteroatoms. The summed E-state index contributed by atoms with van der Waals surface area (Å²) in [4.78, 5) is 5.15. The summed E-state index contributed by atoms with van der Waals surface area (Å²) in [6.45, 7) is 0. The second kappa shape index (κ2) is 3.38. The van der Waals surface area contributed by atoms with E-state index in [4.69, 9.17) is 9.94 Å². The van der Waals surface area contributed by atoms with Crippen LogP contribution in [0.4, 0.5) is 0 Å². The fourth-order valence-electron chi connectivity index (χ4n) is 1.22. The van der Waals surface area contributed by atoms with Crippen molar-refractivity contribution in [2.45, 2.75) is 12.5 Å². The highest BCUT2D eigenvalue weighted by Crippen LogP contribution is 2.29. The third-order valence-electron chi connectivity index (χ3n) is 1.90. The lowest BCUT2D eigenvalue weighted by molar-refractivity contribution is 0.0857. The van der Waals surface area contributed by atoms with E-state index in [0.29, 0.717) is 0 Å². The second-order valence-electron chi connectivity index (χ2n) is 2.86. The molecule has 3 nitrogen and oxygen atoms in total. The van der Waals surface area contributed by atoms with Gasteiger partial charge in [0.25, 0.3) is 0 Å². The van der Waals surface area contributed by atoms with Gasteiger partial charge in [-0.25, -0.2) is 0 Å². The number of rotatable bonds is 1. The molecule has 0 saturated carbocycles. The highest BCUT2D eigenvalue weighted by Gasteiger charge is 2.20. The van der Waals surface area contributed by atoms with Crippen molar-refractivity contribution in [2.75, 3.05) is 0 Å². The largest absolute Gasteiger partial charge is 0.508 e. The van der Waals surface area contributed by atoms with Crippen LogP contribution in [-0.2, 0) is 4.84 Å². The number of hydrogen-bond acceptors (Lipinski definition) is 3. The summed E-state index contributed by atoms with van der Waals surface area (Å²) in [7, 11) is 0. The molecule has 0 radical (unpaired) electrons. The van der Waals surface area contributed by atoms with E-state index >= 15 is 0 Å². The maximum Gasteiger partial charge on any atom is 0.158 e. The molecule has 68 valence electrons. The molecule has 1 aromatic carbocycles. The smallest absolute Gasteiger partial charge is 0.158 e. The van der Waals surface area contributed by atoms with E-state index < -0.39 is 0 Å². The van der Waals surface area contributed by atoms with Crippen LogP contribution in [0.3, 0.4) is 0 Å². The molecule has 0 bridgehead atoms. The average Bonchev–Trinajstić information content (AvgIpc) is 2.53. The van der Waals surface area contributed by atoms with Crippen molar-refractivity contribution in [2.24, 2.45) is 5.16 Å². The van der Waals surface area contributed by atoms with Gasteiger partial charge in [-0.1, -0.05) is 17.3 Å². The first kappa shape index (κ1) is 8.56. The topological polar surface area (TPSA) is 41.8 Å². The molecule has 13 heavy (non-hydrogen) atoms. The summed E-state index contributed by atoms with van der Waals surface area (Å²) in [5.41, 5.74) is 1.02. The van der Waals surface area contributed by atoms with Gasteiger partial charge >= 0.3 is 0 Å². The summed E-state index contributed by atoms with van der Waals surface area (Å²) < 4.78 is 0.825. The Morgan fingerprint density at radius 2 is 2.08 bits per heavy atom. The van der Waals surface area contributed by atoms with Gasteiger partial charge in [0.15, 0.2) is 6.10 Å². The summed E-state index contributed by atoms with van der Waals surface area (Å²) >= 11 is 3.27. The number of halogens is 1. The third-order valence-corrected chi connectivity index (χ3v) is 2.37. The van der Waals surface area contributed by atoms with Gasteiger partial charge in [-0.3, -0.25) is 0 Å². The molecular formula is C9H8BrNO2. The first-order valence-electron chi connectivity index (χ1n) is 3.93. The van der Waals surface area contributed by atoms with Gasteiger partial charge in [0.1, 0.15) is 10.4 Å². The van der Waals surface area contributed by atoms with Crippen LogP contribution in [0.5, 0.6) is 5.75 Å². The standard InChI is InChI=1S/C9H8BrNO2/c10-9-5-8(13-11-9)6-1-3-7(12)4-2-6/h1-4,8,12H,5H2. The fourth-order valence-corrected chi connectivity index (χ4v) is 1.59. The first-order chi connectivity index (χ1) is 6.25. The molecule has 0 aromatic heterocycles. The van der Waals surface area contributed by atoms with E-state index in [-0.39, 0.29) is 11.9 Å². The van der Waals surface area contributed by atoms with Crippen LogP contribution < -0.4 is 0 Å². The Morgan fingerprint density at radius 1 is 1.38 bits per heavy atom. The predicted octanol–water partition coefficient (Wildman–Crippen LogP) is 2.56. The molecule has 0 spiro atoms. The third kappa shape index (κ3) is 1.83. The van der Waals surface area contributed by atoms with Gasteiger partial charge < -0.3 is 9.94 Å². The van der Waals surface area contributed by atoms with E-state index in [0.717, 1.165) is 16.6 Å². The summed E-state index contributed by atoms with van der Waals surface area (Å²) in [6, 6.07) is 6.96. The Labute approximate surface area is 84.1 Å². The number of phenols is 1. The lowest BCUT2D eigenvalue weighted by Gasteiger charge is -2.07. The van der Waals surface area contributed by atoms with Gasteiger partial charge in [-0.15, -0.1) is 0 Å². The molecule has 1 aliphatic rings. The van der Waals surface area contributed by atoms with Crippen LogP contribution in [0, 0.1) is 0 Å². The predicted molar refractivity (Wildman–Crippen MR) is 52.9 cm³/mol. The lowest BCUT2D eigenvalue weighted by atomic mass is 10.1. The van der Waals surface area contributed by atoms with E-state index in [1.54, 1.807) is 12.1 Å². The average molecular weight is 242 g/mol. The van der Waals surface area contributed by atoms with E-state index in [1.165, 1.54) is 0 Å². The Hall–Kier alpha value is -1.03. The monoisotopic (exact) mass is 241 g/mol. The SMILES string of the molecule is Oc1ccc(C2CC(Br)=NO2)cc1. The molecule has 0 fully saturated rings. The zero-order valence-corrected chi connectivity index (χ0v) is 8.36. The van der Waals surface area contributed by atoms with Crippen molar-refractivity contribution in [1.82, 2.24) is 0 Å². The number of oxime groups is 1. The van der Waals surface area contributed by atoms with Gasteiger partial charge in [0.05, 0.1) is 0 Å². The molecule has 1 unspecified atom stereocenters. The zero-order chi connectivity index (χ0) is 9.26. The minimum absolute atomic E-state index is 0.0185. The Kier molecular flexibility index (Phi) is 2.22. The van der Waals surface area contributed by atoms with Crippen molar-refractivity contribution in [1.29, 1.82) is 0 Å². The van der Waals surface area contributed by atoms with E-state index in [1.807, 2.05) is 12.1 Å². The molecule has 1 aliphatic heterocycles. The number of nitrogens with zero attached hydrogens (tertiary/aromatic N) is 1. The Morgan fingerprint density at radius 3 is 2.62 bits per heavy atom. The van der Waals surface area contributed by atoms with Crippen molar-refractivity contribution < 1.29 is 9.94 Å². The van der Waals surface area contributed by atoms with Gasteiger partial charge in [-0.05, 0) is 33.6 Å². The molecule has 1 atom stereocenters. The number of hydrogen-bond donors (Lipinski definition) is 1. The van der Waals surface area contributed by atoms with Crippen molar-refractivity contribution >= 4 is 20.6 Å². The van der Waals surface area contributed by atoms with E-state index in [9.17, 15) is 0 Å². The first-order valence-corrected chi connectivity index (χ1v) is 4.72. The molecular weight excluding hydrogens is 234 g/mol. The van der Waals surface area contributed by atoms with Gasteiger partial charge in [0.2, 0.25) is 0 Å². The summed E-state index contributed by atoms with van der Waals surface area (Å²) in [5.74, 6) is 0.265. The maximum atomic E-state index is 9.07. The van der Waals surface area contributed by atoms with E-state index in [2.05, 4.69) is 21.1 Å². The van der Waals surface area contributed by atoms with Crippen molar-refractivity contribution in [3.05, 3.63) is 29.8 Å². The molecule has 0 aliphatic carbocycles. The number of benzene rings is 1. The van der Waals surface area contributed by atoms with Crippen LogP contribution in [0.2, 0.25) is 0 Å². The van der Waals surface area contributed by atoms with Crippen LogP contribution in [0.1, 0.15) is 18.1 Å². The maximum absolute atomic E-state index is 9.07. The molecule has 2 rings (SSSR count). The Bertz CT molecular complexity index is 334. The molecule has 1 N–H and O–H groups in total. The fraction of sp³-hybridized carbons (Fsp3) is 0.222. The van der Waals surface area contributed by atoms with Gasteiger partial charge in [0, 0.05) is 6.42 Å². The van der Waals surface area contributed by atoms with Gasteiger partial charge in [-0.2, -0.15) is 0 Å². The number of aromatic hydroxyl groups is 1. The quantitative estimate of drug-likeness (QED) is 0.822. The highest BCUT2D eigenvalue weighted by molar-refractivity contribution is 9.18. The van der Waals surface area contributed by atoms with Crippen LogP contribution in [0.25, 0.3) is 0 Å². The van der Waals surface area contributed by atoms with Crippen molar-refractivity contribution in [3.63, 3.8) is 0 Å². The second-order valence-corrected chi connectivity index (χ2v) is 3.77. The minimum Gasteiger partial charge on any atom is -0.508 e. The normalized spacial score (nSPS) is 21.0. The number of phenolic OH excluding ortho intramolecular Hbond substituents is 1. The van der Waals surface area contributed by atoms with Crippen LogP contribution in [0.15, 0.2) is 29.4 Å². The lowest BCUT2D eigenvalue weighted by Crippen LogP contribution is -1.95. The summed E-state index contributed by atoms with van der Waals surface area (Å²) in [5, 5.41) is 12.9. The zero-order valence-electron chi connectivity index (χ0n) is 6.77. The summed E-state index contributed by atoms with van der Waals surface area (Å²) in [6.07, 6.45) is 0.736.